The minimum Gasteiger partial charge on any atom is -0.358 e. The van der Waals surface area contributed by atoms with Crippen molar-refractivity contribution in [3.05, 3.63) is 20.2 Å². The fourth-order valence-electron chi connectivity index (χ4n) is 1.06. The first-order valence-corrected chi connectivity index (χ1v) is 4.96. The average molecular weight is 232 g/mol. The minimum absolute atomic E-state index is 0.203. The zero-order valence-corrected chi connectivity index (χ0v) is 8.85. The van der Waals surface area contributed by atoms with Crippen molar-refractivity contribution in [2.45, 2.75) is 11.9 Å². The van der Waals surface area contributed by atoms with Crippen LogP contribution in [-0.4, -0.2) is 25.4 Å². The molecule has 8 nitrogen and oxygen atoms in total. The molecule has 82 valence electrons. The Hall–Kier alpha value is -1.64. The van der Waals surface area contributed by atoms with Gasteiger partial charge in [0.15, 0.2) is 0 Å². The van der Waals surface area contributed by atoms with E-state index in [9.17, 15) is 20.2 Å². The van der Waals surface area contributed by atoms with Crippen LogP contribution in [0.25, 0.3) is 0 Å². The molecule has 0 unspecified atom stereocenters. The molecule has 0 aliphatic heterocycles. The van der Waals surface area contributed by atoms with Gasteiger partial charge in [-0.25, -0.2) is 0 Å². The minimum atomic E-state index is -0.849. The summed E-state index contributed by atoms with van der Waals surface area (Å²) >= 11 is 1.15. The predicted octanol–water partition coefficient (Wildman–Crippen LogP) is 1.35. The molecule has 0 bridgehead atoms. The van der Waals surface area contributed by atoms with Crippen molar-refractivity contribution in [1.82, 2.24) is 9.78 Å². The molecule has 0 amide bonds. The predicted molar refractivity (Wildman–Crippen MR) is 52.9 cm³/mol. The molecule has 9 heteroatoms. The van der Waals surface area contributed by atoms with E-state index in [4.69, 9.17) is 0 Å². The van der Waals surface area contributed by atoms with E-state index in [1.165, 1.54) is 7.05 Å². The van der Waals surface area contributed by atoms with Gasteiger partial charge in [-0.15, -0.1) is 0 Å². The Morgan fingerprint density at radius 1 is 1.40 bits per heavy atom. The number of hydrogen-bond donors (Lipinski definition) is 0. The second kappa shape index (κ2) is 4.26. The third-order valence-electron chi connectivity index (χ3n) is 1.59. The lowest BCUT2D eigenvalue weighted by molar-refractivity contribution is -0.426. The SMILES string of the molecule is CCSc1c([N+](=O)[O-])c([N+](=O)[O-])nn1C. The van der Waals surface area contributed by atoms with Crippen molar-refractivity contribution in [2.75, 3.05) is 5.75 Å². The first-order chi connectivity index (χ1) is 6.99. The molecule has 1 aromatic heterocycles. The summed E-state index contributed by atoms with van der Waals surface area (Å²) in [7, 11) is 1.44. The van der Waals surface area contributed by atoms with Gasteiger partial charge in [-0.1, -0.05) is 18.7 Å². The van der Waals surface area contributed by atoms with Gasteiger partial charge in [0.2, 0.25) is 5.03 Å². The van der Waals surface area contributed by atoms with Crippen molar-refractivity contribution in [3.8, 4) is 0 Å². The zero-order valence-electron chi connectivity index (χ0n) is 8.04. The first-order valence-electron chi connectivity index (χ1n) is 3.97. The lowest BCUT2D eigenvalue weighted by atomic mass is 10.5. The fourth-order valence-corrected chi connectivity index (χ4v) is 1.87. The van der Waals surface area contributed by atoms with Gasteiger partial charge in [-0.05, 0) is 10.7 Å². The Labute approximate surface area is 88.6 Å². The van der Waals surface area contributed by atoms with E-state index in [1.807, 2.05) is 0 Å². The number of rotatable bonds is 4. The van der Waals surface area contributed by atoms with Crippen LogP contribution in [0.4, 0.5) is 11.5 Å². The van der Waals surface area contributed by atoms with Gasteiger partial charge >= 0.3 is 11.5 Å². The molecule has 1 aromatic rings. The molecule has 0 saturated carbocycles. The standard InChI is InChI=1S/C6H8N4O4S/c1-3-15-6-4(9(11)12)5(10(13)14)7-8(6)2/h3H2,1-2H3. The summed E-state index contributed by atoms with van der Waals surface area (Å²) in [5, 5.41) is 24.9. The summed E-state index contributed by atoms with van der Waals surface area (Å²) in [5.41, 5.74) is -0.533. The lowest BCUT2D eigenvalue weighted by Gasteiger charge is -1.93. The van der Waals surface area contributed by atoms with E-state index >= 15 is 0 Å². The van der Waals surface area contributed by atoms with E-state index in [-0.39, 0.29) is 5.03 Å². The smallest absolute Gasteiger partial charge is 0.358 e. The van der Waals surface area contributed by atoms with Gasteiger partial charge in [-0.2, -0.15) is 4.68 Å². The van der Waals surface area contributed by atoms with Crippen LogP contribution in [0.15, 0.2) is 5.03 Å². The van der Waals surface area contributed by atoms with E-state index in [0.29, 0.717) is 5.75 Å². The molecule has 0 aliphatic carbocycles. The van der Waals surface area contributed by atoms with Gasteiger partial charge in [0, 0.05) is 0 Å². The maximum Gasteiger partial charge on any atom is 0.469 e. The largest absolute Gasteiger partial charge is 0.469 e. The Morgan fingerprint density at radius 2 is 2.00 bits per heavy atom. The molecule has 0 radical (unpaired) electrons. The number of nitro groups is 2. The van der Waals surface area contributed by atoms with Crippen molar-refractivity contribution in [2.24, 2.45) is 7.05 Å². The quantitative estimate of drug-likeness (QED) is 0.440. The number of thioether (sulfide) groups is 1. The first kappa shape index (κ1) is 11.4. The third-order valence-corrected chi connectivity index (χ3v) is 2.61. The monoisotopic (exact) mass is 232 g/mol. The summed E-state index contributed by atoms with van der Waals surface area (Å²) in [6.07, 6.45) is 0. The van der Waals surface area contributed by atoms with Crippen LogP contribution < -0.4 is 0 Å². The van der Waals surface area contributed by atoms with Gasteiger partial charge in [0.1, 0.15) is 0 Å². The van der Waals surface area contributed by atoms with Crippen LogP contribution in [-0.2, 0) is 7.05 Å². The van der Waals surface area contributed by atoms with Gasteiger partial charge in [0.25, 0.3) is 0 Å². The Morgan fingerprint density at radius 3 is 2.40 bits per heavy atom. The number of hydrogen-bond acceptors (Lipinski definition) is 6. The van der Waals surface area contributed by atoms with Gasteiger partial charge < -0.3 is 10.1 Å². The zero-order chi connectivity index (χ0) is 11.6. The van der Waals surface area contributed by atoms with Crippen LogP contribution in [0.3, 0.4) is 0 Å². The van der Waals surface area contributed by atoms with Gasteiger partial charge in [-0.3, -0.25) is 10.1 Å². The highest BCUT2D eigenvalue weighted by Gasteiger charge is 2.36. The highest BCUT2D eigenvalue weighted by atomic mass is 32.2. The second-order valence-corrected chi connectivity index (χ2v) is 3.80. The maximum absolute atomic E-state index is 10.7. The molecule has 0 saturated heterocycles. The number of aromatic nitrogens is 2. The van der Waals surface area contributed by atoms with Crippen LogP contribution in [0.5, 0.6) is 0 Å². The number of aryl methyl sites for hydroxylation is 1. The summed E-state index contributed by atoms with van der Waals surface area (Å²) in [5.74, 6) is -0.129. The summed E-state index contributed by atoms with van der Waals surface area (Å²) < 4.78 is 1.16. The fraction of sp³-hybridized carbons (Fsp3) is 0.500. The van der Waals surface area contributed by atoms with Crippen LogP contribution >= 0.6 is 11.8 Å². The Balaban J connectivity index is 3.37. The van der Waals surface area contributed by atoms with E-state index < -0.39 is 21.4 Å². The average Bonchev–Trinajstić information content (AvgIpc) is 2.45. The molecule has 15 heavy (non-hydrogen) atoms. The molecule has 0 aromatic carbocycles. The molecule has 1 heterocycles. The van der Waals surface area contributed by atoms with Gasteiger partial charge in [0.05, 0.1) is 17.1 Å². The molecular formula is C6H8N4O4S. The topological polar surface area (TPSA) is 104 Å². The highest BCUT2D eigenvalue weighted by Crippen LogP contribution is 2.35. The Kier molecular flexibility index (Phi) is 3.24. The molecule has 0 fully saturated rings. The molecule has 0 N–H and O–H groups in total. The molecule has 0 spiro atoms. The van der Waals surface area contributed by atoms with Crippen molar-refractivity contribution in [1.29, 1.82) is 0 Å². The molecule has 1 rings (SSSR count). The second-order valence-electron chi connectivity index (χ2n) is 2.55. The van der Waals surface area contributed by atoms with E-state index in [1.54, 1.807) is 6.92 Å². The van der Waals surface area contributed by atoms with Crippen LogP contribution in [0.2, 0.25) is 0 Å². The van der Waals surface area contributed by atoms with Crippen molar-refractivity contribution >= 4 is 23.3 Å². The highest BCUT2D eigenvalue weighted by molar-refractivity contribution is 7.99. The maximum atomic E-state index is 10.7. The van der Waals surface area contributed by atoms with E-state index in [2.05, 4.69) is 5.10 Å². The van der Waals surface area contributed by atoms with Crippen LogP contribution in [0, 0.1) is 20.2 Å². The molecule has 0 atom stereocenters. The summed E-state index contributed by atoms with van der Waals surface area (Å²) in [6, 6.07) is 0. The third kappa shape index (κ3) is 2.06. The molecular weight excluding hydrogens is 224 g/mol. The molecule has 0 aliphatic rings. The number of nitrogens with zero attached hydrogens (tertiary/aromatic N) is 4. The summed E-state index contributed by atoms with van der Waals surface area (Å²) in [4.78, 5) is 19.6. The lowest BCUT2D eigenvalue weighted by Crippen LogP contribution is -1.95. The summed E-state index contributed by atoms with van der Waals surface area (Å²) in [6.45, 7) is 1.80. The van der Waals surface area contributed by atoms with Crippen LogP contribution in [0.1, 0.15) is 6.92 Å². The normalized spacial score (nSPS) is 10.3. The Bertz CT molecular complexity index is 416. The van der Waals surface area contributed by atoms with Crippen molar-refractivity contribution in [3.63, 3.8) is 0 Å². The van der Waals surface area contributed by atoms with Crippen molar-refractivity contribution < 1.29 is 9.85 Å². The van der Waals surface area contributed by atoms with E-state index in [0.717, 1.165) is 16.4 Å².